The normalized spacial score (nSPS) is 11.5. The van der Waals surface area contributed by atoms with Crippen molar-refractivity contribution in [1.29, 1.82) is 0 Å². The molecule has 0 unspecified atom stereocenters. The number of nitrogens with one attached hydrogen (secondary N) is 1. The lowest BCUT2D eigenvalue weighted by Gasteiger charge is -2.19. The Morgan fingerprint density at radius 1 is 0.909 bits per heavy atom. The standard InChI is InChI=1S/C32H23F3N6OS2/c33-32(34,35)24-14-7-15-25(17-24)41-29(23-13-8-16-36-18-23)39-40-31(41)44-20-27-37-26(19-43-27)30(42)38-28(21-9-3-1-4-10-21)22-11-5-2-6-12-22/h1-19,28H,20H2,(H,38,42). The van der Waals surface area contributed by atoms with E-state index in [9.17, 15) is 18.0 Å². The van der Waals surface area contributed by atoms with E-state index in [4.69, 9.17) is 0 Å². The van der Waals surface area contributed by atoms with Crippen LogP contribution >= 0.6 is 23.1 Å². The number of halogens is 3. The molecule has 44 heavy (non-hydrogen) atoms. The maximum Gasteiger partial charge on any atom is 0.416 e. The molecule has 6 rings (SSSR count). The van der Waals surface area contributed by atoms with E-state index in [0.29, 0.717) is 27.3 Å². The van der Waals surface area contributed by atoms with Gasteiger partial charge < -0.3 is 5.32 Å². The molecule has 3 aromatic heterocycles. The molecule has 0 aliphatic rings. The number of benzene rings is 3. The van der Waals surface area contributed by atoms with Gasteiger partial charge in [-0.15, -0.1) is 21.5 Å². The zero-order valence-electron chi connectivity index (χ0n) is 22.8. The highest BCUT2D eigenvalue weighted by Crippen LogP contribution is 2.34. The lowest BCUT2D eigenvalue weighted by atomic mass is 9.98. The Hall–Kier alpha value is -4.81. The van der Waals surface area contributed by atoms with E-state index < -0.39 is 11.7 Å². The van der Waals surface area contributed by atoms with Crippen LogP contribution in [0.5, 0.6) is 0 Å². The zero-order chi connectivity index (χ0) is 30.5. The Bertz CT molecular complexity index is 1820. The average molecular weight is 629 g/mol. The van der Waals surface area contributed by atoms with E-state index in [1.807, 2.05) is 60.7 Å². The van der Waals surface area contributed by atoms with Crippen LogP contribution in [-0.4, -0.2) is 30.6 Å². The van der Waals surface area contributed by atoms with E-state index in [1.54, 1.807) is 40.5 Å². The third-order valence-electron chi connectivity index (χ3n) is 6.64. The average Bonchev–Trinajstić information content (AvgIpc) is 3.71. The van der Waals surface area contributed by atoms with Crippen molar-refractivity contribution in [3.63, 3.8) is 0 Å². The third-order valence-corrected chi connectivity index (χ3v) is 8.61. The molecular formula is C32H23F3N6OS2. The lowest BCUT2D eigenvalue weighted by molar-refractivity contribution is -0.137. The second-order valence-electron chi connectivity index (χ2n) is 9.57. The van der Waals surface area contributed by atoms with Gasteiger partial charge in [-0.05, 0) is 41.5 Å². The van der Waals surface area contributed by atoms with Crippen LogP contribution in [0.15, 0.2) is 120 Å². The van der Waals surface area contributed by atoms with Crippen molar-refractivity contribution in [3.8, 4) is 17.1 Å². The molecule has 12 heteroatoms. The number of carbonyl (C=O) groups is 1. The minimum atomic E-state index is -4.51. The fourth-order valence-electron chi connectivity index (χ4n) is 4.56. The molecule has 0 aliphatic carbocycles. The van der Waals surface area contributed by atoms with Gasteiger partial charge in [0.1, 0.15) is 10.7 Å². The maximum atomic E-state index is 13.5. The topological polar surface area (TPSA) is 85.6 Å². The molecule has 0 fully saturated rings. The highest BCUT2D eigenvalue weighted by atomic mass is 32.2. The second kappa shape index (κ2) is 12.8. The largest absolute Gasteiger partial charge is 0.416 e. The number of aromatic nitrogens is 5. The highest BCUT2D eigenvalue weighted by molar-refractivity contribution is 7.98. The van der Waals surface area contributed by atoms with Crippen LogP contribution in [0.2, 0.25) is 0 Å². The molecule has 0 saturated carbocycles. The predicted molar refractivity (Wildman–Crippen MR) is 163 cm³/mol. The van der Waals surface area contributed by atoms with Crippen LogP contribution in [0, 0.1) is 0 Å². The molecule has 3 heterocycles. The third kappa shape index (κ3) is 6.56. The van der Waals surface area contributed by atoms with Gasteiger partial charge in [-0.1, -0.05) is 78.5 Å². The van der Waals surface area contributed by atoms with E-state index in [-0.39, 0.29) is 23.3 Å². The van der Waals surface area contributed by atoms with Gasteiger partial charge in [0.25, 0.3) is 5.91 Å². The molecule has 0 bridgehead atoms. The van der Waals surface area contributed by atoms with Crippen molar-refractivity contribution in [3.05, 3.63) is 142 Å². The van der Waals surface area contributed by atoms with Crippen LogP contribution in [-0.2, 0) is 11.9 Å². The number of hydrogen-bond acceptors (Lipinski definition) is 7. The maximum absolute atomic E-state index is 13.5. The van der Waals surface area contributed by atoms with Crippen molar-refractivity contribution in [2.24, 2.45) is 0 Å². The van der Waals surface area contributed by atoms with Crippen LogP contribution in [0.3, 0.4) is 0 Å². The fraction of sp³-hybridized carbons (Fsp3) is 0.0938. The fourth-order valence-corrected chi connectivity index (χ4v) is 6.31. The van der Waals surface area contributed by atoms with E-state index in [0.717, 1.165) is 23.3 Å². The first-order chi connectivity index (χ1) is 21.4. The molecule has 220 valence electrons. The Morgan fingerprint density at radius 2 is 1.64 bits per heavy atom. The summed E-state index contributed by atoms with van der Waals surface area (Å²) in [5.74, 6) is 0.358. The summed E-state index contributed by atoms with van der Waals surface area (Å²) in [5, 5.41) is 14.4. The number of rotatable bonds is 9. The van der Waals surface area contributed by atoms with Crippen molar-refractivity contribution in [2.45, 2.75) is 23.1 Å². The number of thiazole rings is 1. The minimum Gasteiger partial charge on any atom is -0.340 e. The van der Waals surface area contributed by atoms with Gasteiger partial charge in [0.2, 0.25) is 0 Å². The number of pyridine rings is 1. The quantitative estimate of drug-likeness (QED) is 0.166. The van der Waals surface area contributed by atoms with Crippen LogP contribution in [0.25, 0.3) is 17.1 Å². The Morgan fingerprint density at radius 3 is 2.30 bits per heavy atom. The van der Waals surface area contributed by atoms with Crippen LogP contribution < -0.4 is 5.32 Å². The number of carbonyl (C=O) groups excluding carboxylic acids is 1. The minimum absolute atomic E-state index is 0.262. The molecule has 1 amide bonds. The SMILES string of the molecule is O=C(NC(c1ccccc1)c1ccccc1)c1csc(CSc2nnc(-c3cccnc3)n2-c2cccc(C(F)(F)F)c2)n1. The Labute approximate surface area is 258 Å². The number of thioether (sulfide) groups is 1. The van der Waals surface area contributed by atoms with Crippen molar-refractivity contribution < 1.29 is 18.0 Å². The molecule has 0 atom stereocenters. The van der Waals surface area contributed by atoms with E-state index in [1.165, 1.54) is 29.2 Å². The van der Waals surface area contributed by atoms with Gasteiger partial charge in [-0.25, -0.2) is 4.98 Å². The second-order valence-corrected chi connectivity index (χ2v) is 11.5. The van der Waals surface area contributed by atoms with Gasteiger partial charge in [0.05, 0.1) is 23.0 Å². The number of nitrogens with zero attached hydrogens (tertiary/aromatic N) is 5. The summed E-state index contributed by atoms with van der Waals surface area (Å²) in [6, 6.07) is 27.5. The van der Waals surface area contributed by atoms with Crippen molar-refractivity contribution in [2.75, 3.05) is 0 Å². The molecule has 0 spiro atoms. The first kappa shape index (κ1) is 29.3. The highest BCUT2D eigenvalue weighted by Gasteiger charge is 2.31. The summed E-state index contributed by atoms with van der Waals surface area (Å²) >= 11 is 2.58. The van der Waals surface area contributed by atoms with Gasteiger partial charge in [-0.2, -0.15) is 13.2 Å². The predicted octanol–water partition coefficient (Wildman–Crippen LogP) is 7.62. The zero-order valence-corrected chi connectivity index (χ0v) is 24.5. The summed E-state index contributed by atoms with van der Waals surface area (Å²) in [5.41, 5.74) is 2.24. The van der Waals surface area contributed by atoms with Crippen LogP contribution in [0.4, 0.5) is 13.2 Å². The summed E-state index contributed by atoms with van der Waals surface area (Å²) in [7, 11) is 0. The number of hydrogen-bond donors (Lipinski definition) is 1. The molecule has 0 aliphatic heterocycles. The van der Waals surface area contributed by atoms with Gasteiger partial charge in [0.15, 0.2) is 11.0 Å². The number of alkyl halides is 3. The van der Waals surface area contributed by atoms with Gasteiger partial charge >= 0.3 is 6.18 Å². The molecular weight excluding hydrogens is 606 g/mol. The van der Waals surface area contributed by atoms with Gasteiger partial charge in [0, 0.05) is 23.3 Å². The number of amides is 1. The summed E-state index contributed by atoms with van der Waals surface area (Å²) in [6.07, 6.45) is -1.33. The smallest absolute Gasteiger partial charge is 0.340 e. The molecule has 0 saturated heterocycles. The Balaban J connectivity index is 1.24. The van der Waals surface area contributed by atoms with Crippen molar-refractivity contribution >= 4 is 29.0 Å². The lowest BCUT2D eigenvalue weighted by Crippen LogP contribution is -2.29. The molecule has 6 aromatic rings. The molecule has 0 radical (unpaired) electrons. The monoisotopic (exact) mass is 628 g/mol. The molecule has 1 N–H and O–H groups in total. The van der Waals surface area contributed by atoms with Crippen LogP contribution in [0.1, 0.15) is 38.2 Å². The van der Waals surface area contributed by atoms with E-state index >= 15 is 0 Å². The van der Waals surface area contributed by atoms with Crippen molar-refractivity contribution in [1.82, 2.24) is 30.0 Å². The first-order valence-corrected chi connectivity index (χ1v) is 15.2. The summed E-state index contributed by atoms with van der Waals surface area (Å²) < 4.78 is 42.2. The summed E-state index contributed by atoms with van der Waals surface area (Å²) in [4.78, 5) is 22.0. The van der Waals surface area contributed by atoms with Gasteiger partial charge in [-0.3, -0.25) is 14.3 Å². The molecule has 3 aromatic carbocycles. The first-order valence-electron chi connectivity index (χ1n) is 13.4. The summed E-state index contributed by atoms with van der Waals surface area (Å²) in [6.45, 7) is 0. The molecule has 7 nitrogen and oxygen atoms in total. The Kier molecular flexibility index (Phi) is 8.53. The van der Waals surface area contributed by atoms with E-state index in [2.05, 4.69) is 25.5 Å².